The van der Waals surface area contributed by atoms with Crippen LogP contribution in [0.25, 0.3) is 0 Å². The average molecular weight is 344 g/mol. The van der Waals surface area contributed by atoms with Crippen molar-refractivity contribution in [2.75, 3.05) is 12.3 Å². The largest absolute Gasteiger partial charge is 0.355 e. The van der Waals surface area contributed by atoms with E-state index in [-0.39, 0.29) is 5.91 Å². The maximum absolute atomic E-state index is 12.3. The zero-order valence-corrected chi connectivity index (χ0v) is 14.7. The van der Waals surface area contributed by atoms with E-state index in [0.717, 1.165) is 11.3 Å². The molecule has 1 heterocycles. The minimum absolute atomic E-state index is 0.376. The molecule has 0 radical (unpaired) electrons. The molecule has 0 bridgehead atoms. The van der Waals surface area contributed by atoms with Crippen LogP contribution < -0.4 is 5.32 Å². The minimum Gasteiger partial charge on any atom is -0.355 e. The molecule has 6 heteroatoms. The molecule has 1 aliphatic carbocycles. The topological polar surface area (TPSA) is 63.2 Å². The van der Waals surface area contributed by atoms with E-state index >= 15 is 0 Å². The van der Waals surface area contributed by atoms with Crippen LogP contribution in [0.4, 0.5) is 0 Å². The fraction of sp³-hybridized carbons (Fsp3) is 0.688. The number of sulfone groups is 1. The first kappa shape index (κ1) is 17.5. The summed E-state index contributed by atoms with van der Waals surface area (Å²) in [5, 5.41) is 4.01. The molecule has 1 saturated carbocycles. The molecule has 0 aromatic carbocycles. The van der Waals surface area contributed by atoms with Crippen molar-refractivity contribution in [2.45, 2.75) is 50.7 Å². The highest BCUT2D eigenvalue weighted by Crippen LogP contribution is 2.27. The first-order chi connectivity index (χ1) is 10.5. The standard InChI is InChI=1S/C16H25NO3S2/c1-13(15-8-5-11-21-15)22(19,20)12-16(18)17-10-9-14-6-3-2-4-7-14/h5,8,11,13-14H,2-4,6-7,9-10,12H2,1H3,(H,17,18). The van der Waals surface area contributed by atoms with Gasteiger partial charge in [-0.2, -0.15) is 0 Å². The van der Waals surface area contributed by atoms with Crippen LogP contribution in [-0.2, 0) is 14.6 Å². The second kappa shape index (κ2) is 8.11. The molecule has 1 unspecified atom stereocenters. The number of nitrogens with one attached hydrogen (secondary N) is 1. The molecule has 0 saturated heterocycles. The lowest BCUT2D eigenvalue weighted by Gasteiger charge is -2.21. The maximum atomic E-state index is 12.3. The molecule has 1 atom stereocenters. The predicted octanol–water partition coefficient (Wildman–Crippen LogP) is 3.31. The Bertz CT molecular complexity index is 560. The summed E-state index contributed by atoms with van der Waals surface area (Å²) in [6.07, 6.45) is 7.33. The predicted molar refractivity (Wildman–Crippen MR) is 90.7 cm³/mol. The minimum atomic E-state index is -3.44. The Labute approximate surface area is 137 Å². The summed E-state index contributed by atoms with van der Waals surface area (Å²) in [6, 6.07) is 3.63. The summed E-state index contributed by atoms with van der Waals surface area (Å²) in [4.78, 5) is 12.7. The summed E-state index contributed by atoms with van der Waals surface area (Å²) in [5.41, 5.74) is 0. The van der Waals surface area contributed by atoms with Crippen molar-refractivity contribution < 1.29 is 13.2 Å². The van der Waals surface area contributed by atoms with E-state index in [2.05, 4.69) is 5.32 Å². The van der Waals surface area contributed by atoms with Crippen LogP contribution in [0, 0.1) is 5.92 Å². The molecule has 2 rings (SSSR count). The van der Waals surface area contributed by atoms with E-state index in [1.807, 2.05) is 11.4 Å². The molecule has 1 N–H and O–H groups in total. The van der Waals surface area contributed by atoms with Gasteiger partial charge in [-0.25, -0.2) is 8.42 Å². The lowest BCUT2D eigenvalue weighted by atomic mass is 9.87. The molecule has 0 aliphatic heterocycles. The SMILES string of the molecule is CC(c1cccs1)S(=O)(=O)CC(=O)NCCC1CCCCC1. The second-order valence-corrected chi connectivity index (χ2v) is 9.41. The van der Waals surface area contributed by atoms with Gasteiger partial charge in [0.1, 0.15) is 5.75 Å². The van der Waals surface area contributed by atoms with Crippen LogP contribution in [-0.4, -0.2) is 26.6 Å². The Morgan fingerprint density at radius 2 is 2.09 bits per heavy atom. The Balaban J connectivity index is 1.75. The Morgan fingerprint density at radius 3 is 2.73 bits per heavy atom. The Hall–Kier alpha value is -0.880. The van der Waals surface area contributed by atoms with Crippen LogP contribution in [0.3, 0.4) is 0 Å². The van der Waals surface area contributed by atoms with E-state index in [1.54, 1.807) is 13.0 Å². The third-order valence-corrected chi connectivity index (χ3v) is 7.61. The monoisotopic (exact) mass is 343 g/mol. The van der Waals surface area contributed by atoms with E-state index in [0.29, 0.717) is 12.5 Å². The van der Waals surface area contributed by atoms with Crippen molar-refractivity contribution in [2.24, 2.45) is 5.92 Å². The lowest BCUT2D eigenvalue weighted by molar-refractivity contribution is -0.118. The second-order valence-electron chi connectivity index (χ2n) is 6.11. The van der Waals surface area contributed by atoms with Crippen LogP contribution in [0.1, 0.15) is 55.6 Å². The van der Waals surface area contributed by atoms with Gasteiger partial charge in [0, 0.05) is 11.4 Å². The highest BCUT2D eigenvalue weighted by atomic mass is 32.2. The van der Waals surface area contributed by atoms with Gasteiger partial charge < -0.3 is 5.32 Å². The molecule has 1 amide bonds. The Kier molecular flexibility index (Phi) is 6.44. The van der Waals surface area contributed by atoms with Crippen molar-refractivity contribution in [3.8, 4) is 0 Å². The van der Waals surface area contributed by atoms with Crippen molar-refractivity contribution in [3.63, 3.8) is 0 Å². The van der Waals surface area contributed by atoms with Gasteiger partial charge in [0.2, 0.25) is 5.91 Å². The number of carbonyl (C=O) groups excluding carboxylic acids is 1. The number of thiophene rings is 1. The van der Waals surface area contributed by atoms with Gasteiger partial charge >= 0.3 is 0 Å². The van der Waals surface area contributed by atoms with Crippen molar-refractivity contribution >= 4 is 27.1 Å². The maximum Gasteiger partial charge on any atom is 0.235 e. The van der Waals surface area contributed by atoms with Crippen molar-refractivity contribution in [3.05, 3.63) is 22.4 Å². The Morgan fingerprint density at radius 1 is 1.36 bits per heavy atom. The van der Waals surface area contributed by atoms with E-state index in [1.165, 1.54) is 43.4 Å². The van der Waals surface area contributed by atoms with Gasteiger partial charge in [0.05, 0.1) is 5.25 Å². The summed E-state index contributed by atoms with van der Waals surface area (Å²) < 4.78 is 24.5. The fourth-order valence-electron chi connectivity index (χ4n) is 2.95. The number of hydrogen-bond acceptors (Lipinski definition) is 4. The molecular weight excluding hydrogens is 318 g/mol. The van der Waals surface area contributed by atoms with Gasteiger partial charge in [-0.15, -0.1) is 11.3 Å². The molecule has 1 aliphatic rings. The van der Waals surface area contributed by atoms with Gasteiger partial charge in [0.15, 0.2) is 9.84 Å². The molecule has 0 spiro atoms. The zero-order chi connectivity index (χ0) is 16.0. The summed E-state index contributed by atoms with van der Waals surface area (Å²) in [6.45, 7) is 2.24. The highest BCUT2D eigenvalue weighted by Gasteiger charge is 2.26. The third kappa shape index (κ3) is 5.09. The molecule has 4 nitrogen and oxygen atoms in total. The first-order valence-electron chi connectivity index (χ1n) is 8.00. The van der Waals surface area contributed by atoms with Crippen molar-refractivity contribution in [1.82, 2.24) is 5.32 Å². The number of rotatable bonds is 7. The smallest absolute Gasteiger partial charge is 0.235 e. The number of amides is 1. The molecule has 124 valence electrons. The van der Waals surface area contributed by atoms with Crippen LogP contribution in [0.5, 0.6) is 0 Å². The molecular formula is C16H25NO3S2. The number of carbonyl (C=O) groups is 1. The first-order valence-corrected chi connectivity index (χ1v) is 10.6. The normalized spacial score (nSPS) is 18.0. The highest BCUT2D eigenvalue weighted by molar-refractivity contribution is 7.92. The van der Waals surface area contributed by atoms with Crippen LogP contribution in [0.15, 0.2) is 17.5 Å². The third-order valence-electron chi connectivity index (χ3n) is 4.41. The molecule has 22 heavy (non-hydrogen) atoms. The molecule has 1 aromatic heterocycles. The number of hydrogen-bond donors (Lipinski definition) is 1. The van der Waals surface area contributed by atoms with Crippen LogP contribution >= 0.6 is 11.3 Å². The van der Waals surface area contributed by atoms with Gasteiger partial charge in [-0.05, 0) is 30.7 Å². The average Bonchev–Trinajstić information content (AvgIpc) is 3.01. The van der Waals surface area contributed by atoms with Gasteiger partial charge in [-0.1, -0.05) is 38.2 Å². The summed E-state index contributed by atoms with van der Waals surface area (Å²) in [5.74, 6) is -0.105. The van der Waals surface area contributed by atoms with Gasteiger partial charge in [-0.3, -0.25) is 4.79 Å². The van der Waals surface area contributed by atoms with Crippen molar-refractivity contribution in [1.29, 1.82) is 0 Å². The van der Waals surface area contributed by atoms with Crippen LogP contribution in [0.2, 0.25) is 0 Å². The molecule has 1 aromatic rings. The van der Waals surface area contributed by atoms with E-state index in [9.17, 15) is 13.2 Å². The fourth-order valence-corrected chi connectivity index (χ4v) is 5.37. The van der Waals surface area contributed by atoms with E-state index < -0.39 is 20.8 Å². The summed E-state index contributed by atoms with van der Waals surface area (Å²) in [7, 11) is -3.44. The van der Waals surface area contributed by atoms with E-state index in [4.69, 9.17) is 0 Å². The quantitative estimate of drug-likeness (QED) is 0.826. The lowest BCUT2D eigenvalue weighted by Crippen LogP contribution is -2.33. The zero-order valence-electron chi connectivity index (χ0n) is 13.1. The summed E-state index contributed by atoms with van der Waals surface area (Å²) >= 11 is 1.41. The van der Waals surface area contributed by atoms with Gasteiger partial charge in [0.25, 0.3) is 0 Å². The molecule has 1 fully saturated rings.